The summed E-state index contributed by atoms with van der Waals surface area (Å²) in [4.78, 5) is 9.97. The molecule has 0 spiro atoms. The number of phenolic OH excluding ortho intramolecular Hbond substituents is 1. The minimum absolute atomic E-state index is 0.177. The van der Waals surface area contributed by atoms with Crippen LogP contribution in [0.1, 0.15) is 11.3 Å². The van der Waals surface area contributed by atoms with Crippen LogP contribution < -0.4 is 5.32 Å². The summed E-state index contributed by atoms with van der Waals surface area (Å²) in [7, 11) is 0. The maximum absolute atomic E-state index is 10.5. The molecule has 2 N–H and O–H groups in total. The van der Waals surface area contributed by atoms with E-state index in [0.717, 1.165) is 11.3 Å². The summed E-state index contributed by atoms with van der Waals surface area (Å²) in [5, 5.41) is 23.5. The Morgan fingerprint density at radius 2 is 2.14 bits per heavy atom. The van der Waals surface area contributed by atoms with Crippen molar-refractivity contribution in [2.24, 2.45) is 0 Å². The molecular weight excluding hydrogens is 272 g/mol. The molecular formula is C15H12N2O4. The van der Waals surface area contributed by atoms with Gasteiger partial charge in [0, 0.05) is 17.7 Å². The molecule has 2 aromatic rings. The number of fused-ring (bicyclic) bond motifs is 1. The van der Waals surface area contributed by atoms with Crippen molar-refractivity contribution >= 4 is 17.6 Å². The van der Waals surface area contributed by atoms with Crippen LogP contribution in [0.3, 0.4) is 0 Å². The number of furan rings is 1. The first-order valence-corrected chi connectivity index (χ1v) is 6.34. The Morgan fingerprint density at radius 3 is 2.90 bits per heavy atom. The van der Waals surface area contributed by atoms with E-state index < -0.39 is 4.92 Å². The van der Waals surface area contributed by atoms with Crippen LogP contribution in [0.15, 0.2) is 52.6 Å². The van der Waals surface area contributed by atoms with E-state index in [1.54, 1.807) is 18.2 Å². The van der Waals surface area contributed by atoms with Gasteiger partial charge in [-0.3, -0.25) is 10.1 Å². The summed E-state index contributed by atoms with van der Waals surface area (Å²) in [5.74, 6) is 0.419. The Morgan fingerprint density at radius 1 is 1.29 bits per heavy atom. The van der Waals surface area contributed by atoms with Crippen molar-refractivity contribution in [3.05, 3.63) is 69.6 Å². The van der Waals surface area contributed by atoms with Crippen molar-refractivity contribution in [3.8, 4) is 5.75 Å². The maximum Gasteiger partial charge on any atom is 0.433 e. The SMILES string of the molecule is O=[N+]([O-])c1ccc(C/C=C2\C=Cc3cccc(O)c3N2)o1. The molecule has 2 heterocycles. The van der Waals surface area contributed by atoms with Crippen molar-refractivity contribution in [1.82, 2.24) is 0 Å². The van der Waals surface area contributed by atoms with E-state index >= 15 is 0 Å². The van der Waals surface area contributed by atoms with E-state index in [4.69, 9.17) is 4.42 Å². The van der Waals surface area contributed by atoms with E-state index in [-0.39, 0.29) is 11.6 Å². The largest absolute Gasteiger partial charge is 0.506 e. The zero-order valence-electron chi connectivity index (χ0n) is 10.9. The maximum atomic E-state index is 10.5. The number of hydrogen-bond acceptors (Lipinski definition) is 5. The third-order valence-corrected chi connectivity index (χ3v) is 3.14. The van der Waals surface area contributed by atoms with Crippen molar-refractivity contribution in [3.63, 3.8) is 0 Å². The number of nitrogens with zero attached hydrogens (tertiary/aromatic N) is 1. The van der Waals surface area contributed by atoms with Crippen molar-refractivity contribution in [2.75, 3.05) is 5.32 Å². The Bertz CT molecular complexity index is 759. The standard InChI is InChI=1S/C15H12N2O4/c18-13-3-1-2-10-4-5-11(16-15(10)13)6-7-12-8-9-14(21-12)17(19)20/h1-6,8-9,16,18H,7H2/b11-6+. The van der Waals surface area contributed by atoms with Crippen LogP contribution in [-0.2, 0) is 6.42 Å². The van der Waals surface area contributed by atoms with Crippen LogP contribution >= 0.6 is 0 Å². The molecule has 0 aliphatic carbocycles. The summed E-state index contributed by atoms with van der Waals surface area (Å²) in [6.07, 6.45) is 6.03. The number of hydrogen-bond donors (Lipinski definition) is 2. The molecule has 0 saturated carbocycles. The molecule has 0 bridgehead atoms. The highest BCUT2D eigenvalue weighted by atomic mass is 16.6. The topological polar surface area (TPSA) is 88.5 Å². The molecule has 1 aromatic carbocycles. The first kappa shape index (κ1) is 13.0. The highest BCUT2D eigenvalue weighted by Gasteiger charge is 2.13. The Balaban J connectivity index is 1.76. The van der Waals surface area contributed by atoms with E-state index in [9.17, 15) is 15.2 Å². The number of nitrogens with one attached hydrogen (secondary N) is 1. The van der Waals surface area contributed by atoms with Crippen LogP contribution in [0.5, 0.6) is 5.75 Å². The van der Waals surface area contributed by atoms with Crippen LogP contribution in [0.25, 0.3) is 6.08 Å². The number of allylic oxidation sites excluding steroid dienone is 2. The zero-order valence-corrected chi connectivity index (χ0v) is 10.9. The van der Waals surface area contributed by atoms with Gasteiger partial charge in [-0.05, 0) is 18.2 Å². The van der Waals surface area contributed by atoms with Gasteiger partial charge in [0.1, 0.15) is 16.4 Å². The first-order chi connectivity index (χ1) is 10.1. The molecule has 3 rings (SSSR count). The second-order valence-electron chi connectivity index (χ2n) is 4.56. The third kappa shape index (κ3) is 2.64. The lowest BCUT2D eigenvalue weighted by Crippen LogP contribution is -2.03. The minimum atomic E-state index is -0.566. The Labute approximate surface area is 120 Å². The second kappa shape index (κ2) is 5.16. The lowest BCUT2D eigenvalue weighted by atomic mass is 10.1. The molecule has 6 heteroatoms. The van der Waals surface area contributed by atoms with E-state index in [0.29, 0.717) is 17.9 Å². The molecule has 0 saturated heterocycles. The summed E-state index contributed by atoms with van der Waals surface area (Å²) in [6, 6.07) is 8.19. The predicted octanol–water partition coefficient (Wildman–Crippen LogP) is 3.46. The molecule has 0 fully saturated rings. The van der Waals surface area contributed by atoms with E-state index in [1.165, 1.54) is 6.07 Å². The average molecular weight is 284 g/mol. The molecule has 0 atom stereocenters. The molecule has 1 aliphatic rings. The first-order valence-electron chi connectivity index (χ1n) is 6.34. The molecule has 0 radical (unpaired) electrons. The van der Waals surface area contributed by atoms with Gasteiger partial charge < -0.3 is 14.8 Å². The van der Waals surface area contributed by atoms with E-state index in [1.807, 2.05) is 24.3 Å². The van der Waals surface area contributed by atoms with Crippen LogP contribution in [-0.4, -0.2) is 10.0 Å². The fourth-order valence-electron chi connectivity index (χ4n) is 2.10. The molecule has 0 amide bonds. The number of phenols is 1. The lowest BCUT2D eigenvalue weighted by Gasteiger charge is -2.16. The van der Waals surface area contributed by atoms with Gasteiger partial charge in [-0.25, -0.2) is 0 Å². The monoisotopic (exact) mass is 284 g/mol. The van der Waals surface area contributed by atoms with Crippen molar-refractivity contribution in [2.45, 2.75) is 6.42 Å². The lowest BCUT2D eigenvalue weighted by molar-refractivity contribution is -0.402. The number of aromatic hydroxyl groups is 1. The number of benzene rings is 1. The number of anilines is 1. The van der Waals surface area contributed by atoms with Gasteiger partial charge in [-0.1, -0.05) is 24.3 Å². The smallest absolute Gasteiger partial charge is 0.433 e. The van der Waals surface area contributed by atoms with E-state index in [2.05, 4.69) is 5.32 Å². The molecule has 1 aromatic heterocycles. The predicted molar refractivity (Wildman–Crippen MR) is 77.9 cm³/mol. The van der Waals surface area contributed by atoms with Gasteiger partial charge in [0.05, 0.1) is 11.8 Å². The van der Waals surface area contributed by atoms with Gasteiger partial charge in [-0.15, -0.1) is 0 Å². The molecule has 6 nitrogen and oxygen atoms in total. The van der Waals surface area contributed by atoms with Gasteiger partial charge in [0.15, 0.2) is 0 Å². The molecule has 0 unspecified atom stereocenters. The number of para-hydroxylation sites is 1. The van der Waals surface area contributed by atoms with Crippen LogP contribution in [0.4, 0.5) is 11.6 Å². The van der Waals surface area contributed by atoms with Crippen LogP contribution in [0, 0.1) is 10.1 Å². The summed E-state index contributed by atoms with van der Waals surface area (Å²) < 4.78 is 5.08. The fourth-order valence-corrected chi connectivity index (χ4v) is 2.10. The second-order valence-corrected chi connectivity index (χ2v) is 4.56. The van der Waals surface area contributed by atoms with Gasteiger partial charge in [0.25, 0.3) is 0 Å². The van der Waals surface area contributed by atoms with Gasteiger partial charge in [-0.2, -0.15) is 0 Å². The fraction of sp³-hybridized carbons (Fsp3) is 0.0667. The summed E-state index contributed by atoms with van der Waals surface area (Å²) in [5.41, 5.74) is 2.35. The van der Waals surface area contributed by atoms with Gasteiger partial charge in [0.2, 0.25) is 0 Å². The number of rotatable bonds is 3. The summed E-state index contributed by atoms with van der Waals surface area (Å²) in [6.45, 7) is 0. The highest BCUT2D eigenvalue weighted by Crippen LogP contribution is 2.32. The zero-order chi connectivity index (χ0) is 14.8. The minimum Gasteiger partial charge on any atom is -0.506 e. The average Bonchev–Trinajstić information content (AvgIpc) is 2.95. The molecule has 1 aliphatic heterocycles. The summed E-state index contributed by atoms with van der Waals surface area (Å²) >= 11 is 0. The quantitative estimate of drug-likeness (QED) is 0.512. The third-order valence-electron chi connectivity index (χ3n) is 3.14. The molecule has 106 valence electrons. The normalized spacial score (nSPS) is 14.8. The van der Waals surface area contributed by atoms with Crippen LogP contribution in [0.2, 0.25) is 0 Å². The Kier molecular flexibility index (Phi) is 3.19. The van der Waals surface area contributed by atoms with Gasteiger partial charge >= 0.3 is 5.88 Å². The number of nitro groups is 1. The highest BCUT2D eigenvalue weighted by molar-refractivity contribution is 5.79. The molecule has 21 heavy (non-hydrogen) atoms. The van der Waals surface area contributed by atoms with Crippen molar-refractivity contribution in [1.29, 1.82) is 0 Å². The van der Waals surface area contributed by atoms with Crippen molar-refractivity contribution < 1.29 is 14.4 Å². The Hall–Kier alpha value is -3.02.